The molecular weight excluding hydrogens is 562 g/mol. The number of ether oxygens (including phenoxy) is 4. The number of benzene rings is 2. The lowest BCUT2D eigenvalue weighted by molar-refractivity contribution is -0.344. The van der Waals surface area contributed by atoms with Gasteiger partial charge in [-0.1, -0.05) is 69.4 Å². The molecule has 2 heterocycles. The van der Waals surface area contributed by atoms with Crippen LogP contribution in [0.4, 0.5) is 0 Å². The van der Waals surface area contributed by atoms with E-state index in [0.717, 1.165) is 49.3 Å². The van der Waals surface area contributed by atoms with E-state index < -0.39 is 80.5 Å². The van der Waals surface area contributed by atoms with E-state index in [-0.39, 0.29) is 6.61 Å². The Kier molecular flexibility index (Phi) is 12.7. The maximum atomic E-state index is 13.5. The number of rotatable bonds is 14. The third-order valence-corrected chi connectivity index (χ3v) is 8.08. The molecule has 4 rings (SSSR count). The van der Waals surface area contributed by atoms with Gasteiger partial charge in [0.1, 0.15) is 48.8 Å². The zero-order chi connectivity index (χ0) is 30.9. The number of carbonyl (C=O) groups is 1. The van der Waals surface area contributed by atoms with Crippen LogP contribution in [0.1, 0.15) is 55.8 Å². The van der Waals surface area contributed by atoms with Gasteiger partial charge in [-0.25, -0.2) is 0 Å². The van der Waals surface area contributed by atoms with Crippen LogP contribution in [0.15, 0.2) is 42.5 Å². The summed E-state index contributed by atoms with van der Waals surface area (Å²) in [6.07, 6.45) is -7.03. The molecule has 0 aliphatic carbocycles. The first-order valence-electron chi connectivity index (χ1n) is 15.1. The largest absolute Gasteiger partial charge is 0.394 e. The molecule has 12 heteroatoms. The molecular formula is C31H45NO11. The first-order valence-corrected chi connectivity index (χ1v) is 15.1. The van der Waals surface area contributed by atoms with Crippen LogP contribution in [0.25, 0.3) is 10.8 Å². The summed E-state index contributed by atoms with van der Waals surface area (Å²) in [6, 6.07) is 11.6. The number of unbranched alkanes of at least 4 members (excludes halogenated alkanes) is 5. The molecule has 0 bridgehead atoms. The zero-order valence-electron chi connectivity index (χ0n) is 24.4. The Morgan fingerprint density at radius 1 is 0.791 bits per heavy atom. The van der Waals surface area contributed by atoms with Gasteiger partial charge < -0.3 is 54.9 Å². The molecule has 0 saturated carbocycles. The van der Waals surface area contributed by atoms with Gasteiger partial charge in [0.05, 0.1) is 13.2 Å². The van der Waals surface area contributed by atoms with Gasteiger partial charge in [0.15, 0.2) is 12.6 Å². The van der Waals surface area contributed by atoms with Gasteiger partial charge in [0.2, 0.25) is 0 Å². The van der Waals surface area contributed by atoms with Crippen molar-refractivity contribution in [3.63, 3.8) is 0 Å². The highest BCUT2D eigenvalue weighted by Gasteiger charge is 2.51. The second-order valence-corrected chi connectivity index (χ2v) is 11.2. The quantitative estimate of drug-likeness (QED) is 0.149. The second kappa shape index (κ2) is 16.2. The predicted octanol–water partition coefficient (Wildman–Crippen LogP) is 0.579. The molecule has 2 aliphatic rings. The number of carbonyl (C=O) groups excluding carboxylic acids is 1. The van der Waals surface area contributed by atoms with Gasteiger partial charge in [-0.05, 0) is 29.3 Å². The summed E-state index contributed by atoms with van der Waals surface area (Å²) in [5.41, 5.74) is 0.332. The van der Waals surface area contributed by atoms with Crippen LogP contribution in [-0.4, -0.2) is 118 Å². The van der Waals surface area contributed by atoms with Gasteiger partial charge in [-0.3, -0.25) is 4.79 Å². The Morgan fingerprint density at radius 3 is 2.16 bits per heavy atom. The first kappa shape index (κ1) is 33.7. The predicted molar refractivity (Wildman–Crippen MR) is 155 cm³/mol. The summed E-state index contributed by atoms with van der Waals surface area (Å²) in [5.74, 6) is -0.510. The molecule has 0 radical (unpaired) electrons. The van der Waals surface area contributed by atoms with Crippen LogP contribution in [0, 0.1) is 0 Å². The number of hydrogen-bond donors (Lipinski definition) is 7. The molecule has 240 valence electrons. The van der Waals surface area contributed by atoms with E-state index in [1.807, 2.05) is 30.3 Å². The lowest BCUT2D eigenvalue weighted by Crippen LogP contribution is -2.68. The fraction of sp³-hybridized carbons (Fsp3) is 0.645. The van der Waals surface area contributed by atoms with E-state index in [0.29, 0.717) is 5.56 Å². The molecule has 2 saturated heterocycles. The molecule has 2 fully saturated rings. The van der Waals surface area contributed by atoms with Crippen LogP contribution in [0.5, 0.6) is 0 Å². The summed E-state index contributed by atoms with van der Waals surface area (Å²) >= 11 is 0. The number of amides is 1. The lowest BCUT2D eigenvalue weighted by Gasteiger charge is -2.47. The van der Waals surface area contributed by atoms with Crippen molar-refractivity contribution in [2.75, 3.05) is 19.8 Å². The Hall–Kier alpha value is -2.23. The minimum atomic E-state index is -1.75. The smallest absolute Gasteiger partial charge is 0.251 e. The number of nitrogens with one attached hydrogen (secondary N) is 1. The van der Waals surface area contributed by atoms with Gasteiger partial charge in [-0.2, -0.15) is 0 Å². The number of fused-ring (bicyclic) bond motifs is 1. The van der Waals surface area contributed by atoms with Crippen molar-refractivity contribution in [1.29, 1.82) is 0 Å². The van der Waals surface area contributed by atoms with Gasteiger partial charge in [0.25, 0.3) is 5.91 Å². The van der Waals surface area contributed by atoms with Crippen LogP contribution in [0.2, 0.25) is 0 Å². The highest BCUT2D eigenvalue weighted by atomic mass is 16.7. The van der Waals surface area contributed by atoms with Gasteiger partial charge >= 0.3 is 0 Å². The van der Waals surface area contributed by atoms with E-state index in [9.17, 15) is 35.4 Å². The molecule has 1 amide bonds. The summed E-state index contributed by atoms with van der Waals surface area (Å²) in [4.78, 5) is 13.5. The standard InChI is InChI=1S/C31H45NO11/c1-2-3-4-5-6-9-14-40-30-23(32-29(39)20-13-12-18-10-7-8-11-19(18)15-20)28(25(36)22(17-34)41-30)43-31-27(38)26(37)24(35)21(16-33)42-31/h7-8,10-13,15,21-28,30-31,33-38H,2-6,9,14,16-17H2,1H3,(H,32,39)/t21-,22-,23-,24+,25-,26+,27-,28-,30-,31+/m1/s1. The van der Waals surface area contributed by atoms with Crippen LogP contribution in [0.3, 0.4) is 0 Å². The van der Waals surface area contributed by atoms with Crippen molar-refractivity contribution >= 4 is 16.7 Å². The summed E-state index contributed by atoms with van der Waals surface area (Å²) in [7, 11) is 0. The minimum absolute atomic E-state index is 0.278. The van der Waals surface area contributed by atoms with Crippen molar-refractivity contribution in [2.24, 2.45) is 0 Å². The van der Waals surface area contributed by atoms with Gasteiger partial charge in [-0.15, -0.1) is 0 Å². The van der Waals surface area contributed by atoms with Crippen molar-refractivity contribution in [1.82, 2.24) is 5.32 Å². The average molecular weight is 608 g/mol. The topological polar surface area (TPSA) is 187 Å². The molecule has 0 aromatic heterocycles. The average Bonchev–Trinajstić information content (AvgIpc) is 3.02. The Labute approximate surface area is 251 Å². The maximum Gasteiger partial charge on any atom is 0.251 e. The lowest BCUT2D eigenvalue weighted by atomic mass is 9.95. The first-order chi connectivity index (χ1) is 20.8. The van der Waals surface area contributed by atoms with Crippen LogP contribution in [-0.2, 0) is 18.9 Å². The zero-order valence-corrected chi connectivity index (χ0v) is 24.4. The summed E-state index contributed by atoms with van der Waals surface area (Å²) in [6.45, 7) is 1.15. The Bertz CT molecular complexity index is 1150. The van der Waals surface area contributed by atoms with Crippen molar-refractivity contribution in [3.8, 4) is 0 Å². The number of aliphatic hydroxyl groups is 6. The van der Waals surface area contributed by atoms with E-state index in [4.69, 9.17) is 18.9 Å². The fourth-order valence-electron chi connectivity index (χ4n) is 5.51. The maximum absolute atomic E-state index is 13.5. The molecule has 0 unspecified atom stereocenters. The highest BCUT2D eigenvalue weighted by Crippen LogP contribution is 2.30. The molecule has 2 aromatic carbocycles. The Morgan fingerprint density at radius 2 is 1.44 bits per heavy atom. The molecule has 7 N–H and O–H groups in total. The van der Waals surface area contributed by atoms with E-state index in [2.05, 4.69) is 12.2 Å². The molecule has 43 heavy (non-hydrogen) atoms. The highest BCUT2D eigenvalue weighted by molar-refractivity contribution is 5.98. The number of aliphatic hydroxyl groups excluding tert-OH is 6. The molecule has 2 aliphatic heterocycles. The third-order valence-electron chi connectivity index (χ3n) is 8.08. The van der Waals surface area contributed by atoms with E-state index >= 15 is 0 Å². The van der Waals surface area contributed by atoms with E-state index in [1.165, 1.54) is 0 Å². The summed E-state index contributed by atoms with van der Waals surface area (Å²) < 4.78 is 23.4. The monoisotopic (exact) mass is 607 g/mol. The molecule has 2 aromatic rings. The Balaban J connectivity index is 1.57. The van der Waals surface area contributed by atoms with Crippen molar-refractivity contribution in [2.45, 2.75) is 107 Å². The minimum Gasteiger partial charge on any atom is -0.394 e. The fourth-order valence-corrected chi connectivity index (χ4v) is 5.51. The van der Waals surface area contributed by atoms with Crippen LogP contribution < -0.4 is 5.32 Å². The number of hydrogen-bond acceptors (Lipinski definition) is 11. The SMILES string of the molecule is CCCCCCCCO[C@@H]1O[C@H](CO)[C@@H](O)[C@H](O[C@@H]2O[C@H](CO)[C@H](O)[C@H](O)[C@H]2O)[C@H]1NC(=O)c1ccc2ccccc2c1. The van der Waals surface area contributed by atoms with Crippen molar-refractivity contribution in [3.05, 3.63) is 48.0 Å². The van der Waals surface area contributed by atoms with E-state index in [1.54, 1.807) is 12.1 Å². The normalized spacial score (nSPS) is 33.0. The molecule has 10 atom stereocenters. The van der Waals surface area contributed by atoms with Gasteiger partial charge in [0, 0.05) is 12.2 Å². The molecule has 0 spiro atoms. The third kappa shape index (κ3) is 8.28. The summed E-state index contributed by atoms with van der Waals surface area (Å²) in [5, 5.41) is 66.5. The molecule has 12 nitrogen and oxygen atoms in total. The van der Waals surface area contributed by atoms with Crippen LogP contribution >= 0.6 is 0 Å². The van der Waals surface area contributed by atoms with Crippen molar-refractivity contribution < 1.29 is 54.4 Å². The second-order valence-electron chi connectivity index (χ2n) is 11.2.